The Morgan fingerprint density at radius 3 is 2.56 bits per heavy atom. The molecule has 2 nitrogen and oxygen atoms in total. The third-order valence-corrected chi connectivity index (χ3v) is 4.25. The van der Waals surface area contributed by atoms with Gasteiger partial charge in [0.25, 0.3) is 0 Å². The van der Waals surface area contributed by atoms with Gasteiger partial charge in [0.2, 0.25) is 0 Å². The number of aliphatic imine (C=N–C) groups is 1. The van der Waals surface area contributed by atoms with Crippen molar-refractivity contribution >= 4 is 6.21 Å². The van der Waals surface area contributed by atoms with E-state index in [1.807, 2.05) is 0 Å². The molecule has 3 atom stereocenters. The van der Waals surface area contributed by atoms with E-state index in [4.69, 9.17) is 9.73 Å². The molecule has 0 bridgehead atoms. The van der Waals surface area contributed by atoms with E-state index in [-0.39, 0.29) is 5.41 Å². The molecule has 3 unspecified atom stereocenters. The number of rotatable bonds is 1. The molecule has 0 spiro atoms. The Bertz CT molecular complexity index is 423. The van der Waals surface area contributed by atoms with Crippen molar-refractivity contribution < 1.29 is 4.74 Å². The molecule has 2 aliphatic rings. The SMILES string of the molecule is COC1=C(C)C=C2CC(C(C)(C)C)N=CC2C1C. The fourth-order valence-corrected chi connectivity index (χ4v) is 3.06. The third kappa shape index (κ3) is 2.25. The van der Waals surface area contributed by atoms with Crippen molar-refractivity contribution in [2.24, 2.45) is 22.2 Å². The van der Waals surface area contributed by atoms with Crippen molar-refractivity contribution in [2.45, 2.75) is 47.1 Å². The van der Waals surface area contributed by atoms with Crippen LogP contribution in [0.1, 0.15) is 41.0 Å². The van der Waals surface area contributed by atoms with Gasteiger partial charge in [-0.2, -0.15) is 0 Å². The Morgan fingerprint density at radius 1 is 1.33 bits per heavy atom. The molecule has 0 aromatic rings. The number of hydrogen-bond acceptors (Lipinski definition) is 2. The van der Waals surface area contributed by atoms with Crippen molar-refractivity contribution in [1.82, 2.24) is 0 Å². The first-order chi connectivity index (χ1) is 8.34. The number of hydrogen-bond donors (Lipinski definition) is 0. The molecule has 1 heterocycles. The van der Waals surface area contributed by atoms with Crippen LogP contribution in [0.2, 0.25) is 0 Å². The molecule has 0 fully saturated rings. The normalized spacial score (nSPS) is 32.1. The summed E-state index contributed by atoms with van der Waals surface area (Å²) in [4.78, 5) is 4.79. The van der Waals surface area contributed by atoms with Gasteiger partial charge in [0, 0.05) is 18.1 Å². The molecule has 2 rings (SSSR count). The van der Waals surface area contributed by atoms with Gasteiger partial charge in [-0.1, -0.05) is 39.3 Å². The largest absolute Gasteiger partial charge is 0.501 e. The van der Waals surface area contributed by atoms with Gasteiger partial charge >= 0.3 is 0 Å². The minimum absolute atomic E-state index is 0.241. The predicted molar refractivity (Wildman–Crippen MR) is 76.8 cm³/mol. The van der Waals surface area contributed by atoms with Gasteiger partial charge in [-0.3, -0.25) is 4.99 Å². The van der Waals surface area contributed by atoms with Crippen LogP contribution in [0.5, 0.6) is 0 Å². The Labute approximate surface area is 111 Å². The second-order valence-electron chi connectivity index (χ2n) is 6.67. The van der Waals surface area contributed by atoms with Gasteiger partial charge in [0.15, 0.2) is 0 Å². The van der Waals surface area contributed by atoms with Crippen molar-refractivity contribution in [3.05, 3.63) is 23.0 Å². The van der Waals surface area contributed by atoms with Crippen LogP contribution in [0, 0.1) is 17.3 Å². The van der Waals surface area contributed by atoms with Crippen LogP contribution in [0.4, 0.5) is 0 Å². The minimum atomic E-state index is 0.241. The number of methoxy groups -OCH3 is 1. The first kappa shape index (κ1) is 13.4. The molecule has 18 heavy (non-hydrogen) atoms. The molecule has 0 aromatic carbocycles. The van der Waals surface area contributed by atoms with Gasteiger partial charge in [-0.25, -0.2) is 0 Å². The van der Waals surface area contributed by atoms with Crippen LogP contribution in [0.3, 0.4) is 0 Å². The molecule has 0 amide bonds. The molecule has 0 saturated heterocycles. The Balaban J connectivity index is 2.33. The molecule has 100 valence electrons. The minimum Gasteiger partial charge on any atom is -0.501 e. The highest BCUT2D eigenvalue weighted by Crippen LogP contribution is 2.41. The zero-order valence-corrected chi connectivity index (χ0v) is 12.4. The molecule has 0 saturated carbocycles. The van der Waals surface area contributed by atoms with E-state index in [9.17, 15) is 0 Å². The number of nitrogens with zero attached hydrogens (tertiary/aromatic N) is 1. The molecular weight excluding hydrogens is 222 g/mol. The zero-order valence-electron chi connectivity index (χ0n) is 12.4. The van der Waals surface area contributed by atoms with Crippen LogP contribution >= 0.6 is 0 Å². The quantitative estimate of drug-likeness (QED) is 0.686. The van der Waals surface area contributed by atoms with Crippen molar-refractivity contribution in [2.75, 3.05) is 7.11 Å². The van der Waals surface area contributed by atoms with Crippen molar-refractivity contribution in [3.8, 4) is 0 Å². The molecule has 0 N–H and O–H groups in total. The summed E-state index contributed by atoms with van der Waals surface area (Å²) in [6.07, 6.45) is 5.55. The van der Waals surface area contributed by atoms with Gasteiger partial charge in [-0.05, 0) is 24.3 Å². The van der Waals surface area contributed by atoms with Gasteiger partial charge in [0.1, 0.15) is 5.76 Å². The van der Waals surface area contributed by atoms with Crippen LogP contribution in [0.25, 0.3) is 0 Å². The van der Waals surface area contributed by atoms with E-state index in [0.717, 1.165) is 12.2 Å². The topological polar surface area (TPSA) is 21.6 Å². The van der Waals surface area contributed by atoms with Crippen molar-refractivity contribution in [1.29, 1.82) is 0 Å². The van der Waals surface area contributed by atoms with E-state index in [2.05, 4.69) is 46.9 Å². The zero-order chi connectivity index (χ0) is 13.5. The maximum Gasteiger partial charge on any atom is 0.102 e. The fourth-order valence-electron chi connectivity index (χ4n) is 3.06. The van der Waals surface area contributed by atoms with E-state index >= 15 is 0 Å². The lowest BCUT2D eigenvalue weighted by Gasteiger charge is -2.38. The molecule has 2 heteroatoms. The summed E-state index contributed by atoms with van der Waals surface area (Å²) in [6.45, 7) is 11.2. The molecule has 1 aliphatic heterocycles. The van der Waals surface area contributed by atoms with Crippen LogP contribution < -0.4 is 0 Å². The number of fused-ring (bicyclic) bond motifs is 1. The Kier molecular flexibility index (Phi) is 3.39. The van der Waals surface area contributed by atoms with Gasteiger partial charge in [0.05, 0.1) is 13.2 Å². The lowest BCUT2D eigenvalue weighted by atomic mass is 9.72. The van der Waals surface area contributed by atoms with E-state index in [1.165, 1.54) is 11.1 Å². The average molecular weight is 247 g/mol. The summed E-state index contributed by atoms with van der Waals surface area (Å²) in [6, 6.07) is 0.407. The summed E-state index contributed by atoms with van der Waals surface area (Å²) in [7, 11) is 1.77. The summed E-state index contributed by atoms with van der Waals surface area (Å²) in [5.74, 6) is 1.96. The lowest BCUT2D eigenvalue weighted by molar-refractivity contribution is 0.224. The van der Waals surface area contributed by atoms with E-state index in [1.54, 1.807) is 7.11 Å². The predicted octanol–water partition coefficient (Wildman–Crippen LogP) is 3.99. The highest BCUT2D eigenvalue weighted by Gasteiger charge is 2.35. The summed E-state index contributed by atoms with van der Waals surface area (Å²) in [5.41, 5.74) is 3.04. The molecule has 0 radical (unpaired) electrons. The second-order valence-corrected chi connectivity index (χ2v) is 6.67. The van der Waals surface area contributed by atoms with E-state index in [0.29, 0.717) is 17.9 Å². The second kappa shape index (κ2) is 4.56. The smallest absolute Gasteiger partial charge is 0.102 e. The highest BCUT2D eigenvalue weighted by atomic mass is 16.5. The summed E-state index contributed by atoms with van der Waals surface area (Å²) >= 11 is 0. The van der Waals surface area contributed by atoms with Crippen LogP contribution in [0.15, 0.2) is 28.0 Å². The Morgan fingerprint density at radius 2 is 2.00 bits per heavy atom. The molecule has 0 aromatic heterocycles. The summed E-state index contributed by atoms with van der Waals surface area (Å²) < 4.78 is 5.53. The standard InChI is InChI=1S/C16H25NO/c1-10-7-12-8-14(16(3,4)5)17-9-13(12)11(2)15(10)18-6/h7,9,11,13-14H,8H2,1-6H3. The van der Waals surface area contributed by atoms with Crippen LogP contribution in [-0.2, 0) is 4.74 Å². The van der Waals surface area contributed by atoms with Gasteiger partial charge in [-0.15, -0.1) is 0 Å². The van der Waals surface area contributed by atoms with Crippen molar-refractivity contribution in [3.63, 3.8) is 0 Å². The monoisotopic (exact) mass is 247 g/mol. The number of allylic oxidation sites excluding steroid dienone is 3. The maximum absolute atomic E-state index is 5.53. The molecule has 1 aliphatic carbocycles. The third-order valence-electron chi connectivity index (χ3n) is 4.25. The highest BCUT2D eigenvalue weighted by molar-refractivity contribution is 5.69. The first-order valence-electron chi connectivity index (χ1n) is 6.83. The lowest BCUT2D eigenvalue weighted by Crippen LogP contribution is -2.34. The van der Waals surface area contributed by atoms with Crippen LogP contribution in [-0.4, -0.2) is 19.4 Å². The van der Waals surface area contributed by atoms with E-state index < -0.39 is 0 Å². The fraction of sp³-hybridized carbons (Fsp3) is 0.688. The number of ether oxygens (including phenoxy) is 1. The Hall–Kier alpha value is -1.05. The average Bonchev–Trinajstić information content (AvgIpc) is 2.27. The maximum atomic E-state index is 5.53. The summed E-state index contributed by atoms with van der Waals surface area (Å²) in [5, 5.41) is 0. The first-order valence-corrected chi connectivity index (χ1v) is 6.83. The van der Waals surface area contributed by atoms with Gasteiger partial charge < -0.3 is 4.74 Å². The molecular formula is C16H25NO.